The maximum atomic E-state index is 11.9. The van der Waals surface area contributed by atoms with E-state index in [2.05, 4.69) is 26.2 Å². The number of aromatic nitrogens is 1. The van der Waals surface area contributed by atoms with Gasteiger partial charge in [-0.1, -0.05) is 6.42 Å². The molecule has 92 valence electrons. The zero-order valence-electron chi connectivity index (χ0n) is 9.58. The van der Waals surface area contributed by atoms with Gasteiger partial charge in [-0.2, -0.15) is 0 Å². The molecule has 1 aromatic heterocycles. The van der Waals surface area contributed by atoms with Crippen LogP contribution in [0.2, 0.25) is 0 Å². The van der Waals surface area contributed by atoms with Gasteiger partial charge in [-0.25, -0.2) is 4.98 Å². The minimum atomic E-state index is 0.0271. The number of halogens is 1. The first-order chi connectivity index (χ1) is 8.13. The highest BCUT2D eigenvalue weighted by Gasteiger charge is 2.37. The molecule has 0 atom stereocenters. The molecule has 0 saturated heterocycles. The third-order valence-corrected chi connectivity index (χ3v) is 3.86. The Balaban J connectivity index is 1.91. The second-order valence-electron chi connectivity index (χ2n) is 4.65. The maximum absolute atomic E-state index is 11.9. The molecular weight excluding hydrogens is 282 g/mol. The summed E-state index contributed by atoms with van der Waals surface area (Å²) in [4.78, 5) is 15.9. The van der Waals surface area contributed by atoms with Gasteiger partial charge in [0.15, 0.2) is 0 Å². The molecule has 3 N–H and O–H groups in total. The third kappa shape index (κ3) is 3.04. The number of amides is 1. The Morgan fingerprint density at radius 1 is 1.53 bits per heavy atom. The van der Waals surface area contributed by atoms with Gasteiger partial charge in [0, 0.05) is 6.42 Å². The fourth-order valence-corrected chi connectivity index (χ4v) is 2.36. The van der Waals surface area contributed by atoms with Gasteiger partial charge in [-0.15, -0.1) is 0 Å². The molecule has 1 fully saturated rings. The first kappa shape index (κ1) is 12.5. The van der Waals surface area contributed by atoms with Gasteiger partial charge in [0.05, 0.1) is 11.9 Å². The first-order valence-corrected chi connectivity index (χ1v) is 6.54. The summed E-state index contributed by atoms with van der Waals surface area (Å²) in [6, 6.07) is 3.63. The maximum Gasteiger partial charge on any atom is 0.225 e. The van der Waals surface area contributed by atoms with Gasteiger partial charge in [-0.3, -0.25) is 4.79 Å². The second-order valence-corrected chi connectivity index (χ2v) is 5.46. The van der Waals surface area contributed by atoms with Gasteiger partial charge in [0.25, 0.3) is 0 Å². The van der Waals surface area contributed by atoms with Crippen molar-refractivity contribution in [3.63, 3.8) is 0 Å². The summed E-state index contributed by atoms with van der Waals surface area (Å²) >= 11 is 3.25. The van der Waals surface area contributed by atoms with Crippen molar-refractivity contribution in [2.75, 3.05) is 11.9 Å². The number of carbonyl (C=O) groups excluding carboxylic acids is 1. The van der Waals surface area contributed by atoms with Crippen molar-refractivity contribution < 1.29 is 4.79 Å². The molecule has 1 saturated carbocycles. The average Bonchev–Trinajstić information content (AvgIpc) is 2.27. The van der Waals surface area contributed by atoms with Crippen LogP contribution in [0.3, 0.4) is 0 Å². The lowest BCUT2D eigenvalue weighted by Crippen LogP contribution is -2.40. The third-order valence-electron chi connectivity index (χ3n) is 3.39. The predicted octanol–water partition coefficient (Wildman–Crippen LogP) is 2.30. The minimum absolute atomic E-state index is 0.0271. The molecule has 0 unspecified atom stereocenters. The fraction of sp³-hybridized carbons (Fsp3) is 0.500. The summed E-state index contributed by atoms with van der Waals surface area (Å²) in [7, 11) is 0. The SMILES string of the molecule is NCC1(CC(=O)Nc2ccc(Br)nc2)CCC1. The Morgan fingerprint density at radius 3 is 2.76 bits per heavy atom. The number of anilines is 1. The summed E-state index contributed by atoms with van der Waals surface area (Å²) in [5.74, 6) is 0.0271. The number of hydrogen-bond donors (Lipinski definition) is 2. The van der Waals surface area contributed by atoms with Crippen molar-refractivity contribution in [2.24, 2.45) is 11.1 Å². The van der Waals surface area contributed by atoms with E-state index in [9.17, 15) is 4.79 Å². The zero-order valence-corrected chi connectivity index (χ0v) is 11.2. The highest BCUT2D eigenvalue weighted by atomic mass is 79.9. The zero-order chi connectivity index (χ0) is 12.3. The summed E-state index contributed by atoms with van der Waals surface area (Å²) in [6.45, 7) is 0.596. The van der Waals surface area contributed by atoms with Gasteiger partial charge < -0.3 is 11.1 Å². The van der Waals surface area contributed by atoms with E-state index < -0.39 is 0 Å². The number of rotatable bonds is 4. The largest absolute Gasteiger partial charge is 0.330 e. The first-order valence-electron chi connectivity index (χ1n) is 5.75. The van der Waals surface area contributed by atoms with E-state index >= 15 is 0 Å². The van der Waals surface area contributed by atoms with Crippen molar-refractivity contribution in [1.82, 2.24) is 4.98 Å². The average molecular weight is 298 g/mol. The molecule has 1 aliphatic carbocycles. The molecule has 0 aromatic carbocycles. The highest BCUT2D eigenvalue weighted by Crippen LogP contribution is 2.42. The molecule has 2 rings (SSSR count). The topological polar surface area (TPSA) is 68.0 Å². The number of nitrogens with zero attached hydrogens (tertiary/aromatic N) is 1. The van der Waals surface area contributed by atoms with Crippen LogP contribution < -0.4 is 11.1 Å². The Bertz CT molecular complexity index is 395. The monoisotopic (exact) mass is 297 g/mol. The summed E-state index contributed by atoms with van der Waals surface area (Å²) < 4.78 is 0.757. The minimum Gasteiger partial charge on any atom is -0.330 e. The molecule has 0 aliphatic heterocycles. The van der Waals surface area contributed by atoms with E-state index in [0.29, 0.717) is 13.0 Å². The van der Waals surface area contributed by atoms with Crippen molar-refractivity contribution in [3.8, 4) is 0 Å². The molecule has 0 bridgehead atoms. The Hall–Kier alpha value is -0.940. The molecule has 0 spiro atoms. The van der Waals surface area contributed by atoms with Crippen LogP contribution in [0.15, 0.2) is 22.9 Å². The number of nitrogens with one attached hydrogen (secondary N) is 1. The van der Waals surface area contributed by atoms with Crippen molar-refractivity contribution in [2.45, 2.75) is 25.7 Å². The molecule has 17 heavy (non-hydrogen) atoms. The highest BCUT2D eigenvalue weighted by molar-refractivity contribution is 9.10. The van der Waals surface area contributed by atoms with E-state index in [4.69, 9.17) is 5.73 Å². The lowest BCUT2D eigenvalue weighted by molar-refractivity contribution is -0.119. The summed E-state index contributed by atoms with van der Waals surface area (Å²) in [5, 5.41) is 2.85. The van der Waals surface area contributed by atoms with Crippen molar-refractivity contribution in [3.05, 3.63) is 22.9 Å². The Kier molecular flexibility index (Phi) is 3.79. The van der Waals surface area contributed by atoms with Crippen LogP contribution in [-0.2, 0) is 4.79 Å². The van der Waals surface area contributed by atoms with Gasteiger partial charge in [0.2, 0.25) is 5.91 Å². The van der Waals surface area contributed by atoms with Crippen LogP contribution in [0, 0.1) is 5.41 Å². The van der Waals surface area contributed by atoms with Crippen LogP contribution in [0.1, 0.15) is 25.7 Å². The predicted molar refractivity (Wildman–Crippen MR) is 70.5 cm³/mol. The normalized spacial score (nSPS) is 17.3. The molecule has 4 nitrogen and oxygen atoms in total. The lowest BCUT2D eigenvalue weighted by Gasteiger charge is -2.40. The van der Waals surface area contributed by atoms with Crippen LogP contribution in [0.4, 0.5) is 5.69 Å². The Labute approximate surface area is 109 Å². The molecule has 1 aliphatic rings. The molecule has 0 radical (unpaired) electrons. The van der Waals surface area contributed by atoms with Crippen molar-refractivity contribution >= 4 is 27.5 Å². The van der Waals surface area contributed by atoms with E-state index in [0.717, 1.165) is 23.1 Å². The molecule has 1 aromatic rings. The Morgan fingerprint density at radius 2 is 2.29 bits per heavy atom. The number of hydrogen-bond acceptors (Lipinski definition) is 3. The molecule has 5 heteroatoms. The number of pyridine rings is 1. The summed E-state index contributed by atoms with van der Waals surface area (Å²) in [5.41, 5.74) is 6.51. The smallest absolute Gasteiger partial charge is 0.225 e. The quantitative estimate of drug-likeness (QED) is 0.838. The lowest BCUT2D eigenvalue weighted by atomic mass is 9.66. The number of nitrogens with two attached hydrogens (primary N) is 1. The molecule has 1 amide bonds. The van der Waals surface area contributed by atoms with Crippen LogP contribution in [0.5, 0.6) is 0 Å². The van der Waals surface area contributed by atoms with E-state index in [1.54, 1.807) is 12.3 Å². The van der Waals surface area contributed by atoms with E-state index in [-0.39, 0.29) is 11.3 Å². The van der Waals surface area contributed by atoms with E-state index in [1.165, 1.54) is 6.42 Å². The number of carbonyl (C=O) groups is 1. The summed E-state index contributed by atoms with van der Waals surface area (Å²) in [6.07, 6.45) is 5.47. The van der Waals surface area contributed by atoms with Crippen LogP contribution in [-0.4, -0.2) is 17.4 Å². The standard InChI is InChI=1S/C12H16BrN3O/c13-10-3-2-9(7-15-10)16-11(17)6-12(8-14)4-1-5-12/h2-3,7H,1,4-6,8,14H2,(H,16,17). The van der Waals surface area contributed by atoms with Gasteiger partial charge in [-0.05, 0) is 52.9 Å². The van der Waals surface area contributed by atoms with Crippen LogP contribution in [0.25, 0.3) is 0 Å². The van der Waals surface area contributed by atoms with Gasteiger partial charge >= 0.3 is 0 Å². The van der Waals surface area contributed by atoms with Crippen LogP contribution >= 0.6 is 15.9 Å². The van der Waals surface area contributed by atoms with Crippen molar-refractivity contribution in [1.29, 1.82) is 0 Å². The second kappa shape index (κ2) is 5.14. The fourth-order valence-electron chi connectivity index (χ4n) is 2.13. The molecular formula is C12H16BrN3O. The van der Waals surface area contributed by atoms with Gasteiger partial charge in [0.1, 0.15) is 4.60 Å². The molecule has 1 heterocycles. The van der Waals surface area contributed by atoms with E-state index in [1.807, 2.05) is 6.07 Å².